The molecular formula is C14H22N6O. The van der Waals surface area contributed by atoms with Crippen LogP contribution in [0.25, 0.3) is 11.2 Å². The molecule has 0 aliphatic carbocycles. The Kier molecular flexibility index (Phi) is 4.49. The third-order valence-corrected chi connectivity index (χ3v) is 3.72. The molecule has 21 heavy (non-hydrogen) atoms. The summed E-state index contributed by atoms with van der Waals surface area (Å²) in [6, 6.07) is 0. The fourth-order valence-electron chi connectivity index (χ4n) is 2.47. The SMILES string of the molecule is CCCNc1nc(NCC2CCOCC2)c2[nH]cnc2n1. The number of imidazole rings is 1. The van der Waals surface area contributed by atoms with Crippen LogP contribution in [-0.2, 0) is 4.74 Å². The molecule has 1 aliphatic heterocycles. The van der Waals surface area contributed by atoms with Gasteiger partial charge in [-0.2, -0.15) is 9.97 Å². The Bertz CT molecular complexity index is 578. The summed E-state index contributed by atoms with van der Waals surface area (Å²) in [5.74, 6) is 2.09. The highest BCUT2D eigenvalue weighted by Crippen LogP contribution is 2.21. The molecule has 1 aliphatic rings. The smallest absolute Gasteiger partial charge is 0.226 e. The highest BCUT2D eigenvalue weighted by Gasteiger charge is 2.15. The number of nitrogens with zero attached hydrogens (tertiary/aromatic N) is 3. The summed E-state index contributed by atoms with van der Waals surface area (Å²) in [5.41, 5.74) is 1.56. The fraction of sp³-hybridized carbons (Fsp3) is 0.643. The van der Waals surface area contributed by atoms with Gasteiger partial charge < -0.3 is 20.4 Å². The molecule has 2 aromatic rings. The van der Waals surface area contributed by atoms with Gasteiger partial charge in [0, 0.05) is 26.3 Å². The first-order valence-corrected chi connectivity index (χ1v) is 7.63. The third kappa shape index (κ3) is 3.41. The van der Waals surface area contributed by atoms with Crippen molar-refractivity contribution >= 4 is 22.9 Å². The van der Waals surface area contributed by atoms with Crippen molar-refractivity contribution in [3.05, 3.63) is 6.33 Å². The molecule has 0 radical (unpaired) electrons. The molecule has 0 unspecified atom stereocenters. The molecule has 1 saturated heterocycles. The highest BCUT2D eigenvalue weighted by molar-refractivity contribution is 5.83. The van der Waals surface area contributed by atoms with Gasteiger partial charge in [0.15, 0.2) is 11.5 Å². The normalized spacial score (nSPS) is 16.2. The van der Waals surface area contributed by atoms with Gasteiger partial charge in [-0.3, -0.25) is 0 Å². The van der Waals surface area contributed by atoms with Crippen molar-refractivity contribution in [3.8, 4) is 0 Å². The second kappa shape index (κ2) is 6.71. The molecule has 114 valence electrons. The Morgan fingerprint density at radius 2 is 2.14 bits per heavy atom. The van der Waals surface area contributed by atoms with Crippen LogP contribution < -0.4 is 10.6 Å². The topological polar surface area (TPSA) is 87.8 Å². The van der Waals surface area contributed by atoms with Gasteiger partial charge in [0.05, 0.1) is 6.33 Å². The summed E-state index contributed by atoms with van der Waals surface area (Å²) in [7, 11) is 0. The molecule has 7 heteroatoms. The van der Waals surface area contributed by atoms with Crippen molar-refractivity contribution in [2.75, 3.05) is 36.9 Å². The maximum Gasteiger partial charge on any atom is 0.226 e. The summed E-state index contributed by atoms with van der Waals surface area (Å²) in [6.07, 6.45) is 4.89. The lowest BCUT2D eigenvalue weighted by molar-refractivity contribution is 0.0699. The van der Waals surface area contributed by atoms with Crippen LogP contribution in [0.2, 0.25) is 0 Å². The minimum absolute atomic E-state index is 0.630. The molecular weight excluding hydrogens is 268 g/mol. The Labute approximate surface area is 123 Å². The van der Waals surface area contributed by atoms with E-state index in [-0.39, 0.29) is 0 Å². The van der Waals surface area contributed by atoms with E-state index in [9.17, 15) is 0 Å². The number of aromatic amines is 1. The number of aromatic nitrogens is 4. The van der Waals surface area contributed by atoms with E-state index in [4.69, 9.17) is 4.74 Å². The monoisotopic (exact) mass is 290 g/mol. The largest absolute Gasteiger partial charge is 0.381 e. The molecule has 0 amide bonds. The van der Waals surface area contributed by atoms with E-state index in [2.05, 4.69) is 37.5 Å². The Balaban J connectivity index is 1.73. The minimum Gasteiger partial charge on any atom is -0.381 e. The standard InChI is InChI=1S/C14H22N6O/c1-2-5-15-14-19-12(11-13(20-14)18-9-17-11)16-8-10-3-6-21-7-4-10/h9-10H,2-8H2,1H3,(H3,15,16,17,18,19,20). The number of H-pyrrole nitrogens is 1. The molecule has 1 fully saturated rings. The molecule has 0 spiro atoms. The second-order valence-electron chi connectivity index (χ2n) is 5.36. The number of hydrogen-bond donors (Lipinski definition) is 3. The third-order valence-electron chi connectivity index (χ3n) is 3.72. The molecule has 0 aromatic carbocycles. The number of fused-ring (bicyclic) bond motifs is 1. The van der Waals surface area contributed by atoms with Crippen LogP contribution in [0, 0.1) is 5.92 Å². The molecule has 0 bridgehead atoms. The summed E-state index contributed by atoms with van der Waals surface area (Å²) in [4.78, 5) is 16.3. The van der Waals surface area contributed by atoms with Gasteiger partial charge in [0.1, 0.15) is 5.52 Å². The highest BCUT2D eigenvalue weighted by atomic mass is 16.5. The van der Waals surface area contributed by atoms with E-state index in [1.54, 1.807) is 6.33 Å². The second-order valence-corrected chi connectivity index (χ2v) is 5.36. The summed E-state index contributed by atoms with van der Waals surface area (Å²) in [5, 5.41) is 6.66. The zero-order valence-corrected chi connectivity index (χ0v) is 12.4. The van der Waals surface area contributed by atoms with Gasteiger partial charge in [0.25, 0.3) is 0 Å². The fourth-order valence-corrected chi connectivity index (χ4v) is 2.47. The average Bonchev–Trinajstić information content (AvgIpc) is 3.00. The van der Waals surface area contributed by atoms with Crippen LogP contribution >= 0.6 is 0 Å². The van der Waals surface area contributed by atoms with Crippen LogP contribution in [0.3, 0.4) is 0 Å². The molecule has 3 N–H and O–H groups in total. The van der Waals surface area contributed by atoms with E-state index >= 15 is 0 Å². The van der Waals surface area contributed by atoms with Gasteiger partial charge in [-0.05, 0) is 25.2 Å². The van der Waals surface area contributed by atoms with Crippen molar-refractivity contribution in [2.45, 2.75) is 26.2 Å². The van der Waals surface area contributed by atoms with E-state index in [1.807, 2.05) is 0 Å². The number of rotatable bonds is 6. The molecule has 3 rings (SSSR count). The van der Waals surface area contributed by atoms with Crippen molar-refractivity contribution in [2.24, 2.45) is 5.92 Å². The average molecular weight is 290 g/mol. The zero-order valence-electron chi connectivity index (χ0n) is 12.4. The van der Waals surface area contributed by atoms with Gasteiger partial charge in [-0.25, -0.2) is 4.98 Å². The number of ether oxygens (including phenoxy) is 1. The van der Waals surface area contributed by atoms with Crippen molar-refractivity contribution in [3.63, 3.8) is 0 Å². The van der Waals surface area contributed by atoms with Crippen molar-refractivity contribution in [1.82, 2.24) is 19.9 Å². The first-order chi connectivity index (χ1) is 10.4. The van der Waals surface area contributed by atoms with Crippen molar-refractivity contribution in [1.29, 1.82) is 0 Å². The maximum absolute atomic E-state index is 5.39. The predicted molar refractivity (Wildman–Crippen MR) is 82.5 cm³/mol. The lowest BCUT2D eigenvalue weighted by Gasteiger charge is -2.22. The quantitative estimate of drug-likeness (QED) is 0.754. The Morgan fingerprint density at radius 3 is 2.95 bits per heavy atom. The van der Waals surface area contributed by atoms with Crippen LogP contribution in [-0.4, -0.2) is 46.2 Å². The predicted octanol–water partition coefficient (Wildman–Crippen LogP) is 2.01. The van der Waals surface area contributed by atoms with Gasteiger partial charge in [-0.15, -0.1) is 0 Å². The minimum atomic E-state index is 0.630. The zero-order chi connectivity index (χ0) is 14.5. The van der Waals surface area contributed by atoms with Gasteiger partial charge in [0.2, 0.25) is 5.95 Å². The van der Waals surface area contributed by atoms with E-state index in [1.165, 1.54) is 0 Å². The summed E-state index contributed by atoms with van der Waals surface area (Å²) < 4.78 is 5.39. The van der Waals surface area contributed by atoms with Crippen LogP contribution in [0.4, 0.5) is 11.8 Å². The number of hydrogen-bond acceptors (Lipinski definition) is 6. The molecule has 2 aromatic heterocycles. The Morgan fingerprint density at radius 1 is 1.29 bits per heavy atom. The molecule has 3 heterocycles. The van der Waals surface area contributed by atoms with E-state index < -0.39 is 0 Å². The summed E-state index contributed by atoms with van der Waals surface area (Å²) in [6.45, 7) is 5.60. The molecule has 7 nitrogen and oxygen atoms in total. The van der Waals surface area contributed by atoms with Gasteiger partial charge >= 0.3 is 0 Å². The lowest BCUT2D eigenvalue weighted by Crippen LogP contribution is -2.23. The van der Waals surface area contributed by atoms with E-state index in [0.717, 1.165) is 56.9 Å². The molecule has 0 atom stereocenters. The van der Waals surface area contributed by atoms with Crippen LogP contribution in [0.1, 0.15) is 26.2 Å². The number of nitrogens with one attached hydrogen (secondary N) is 3. The van der Waals surface area contributed by atoms with Crippen LogP contribution in [0.15, 0.2) is 6.33 Å². The van der Waals surface area contributed by atoms with Gasteiger partial charge in [-0.1, -0.05) is 6.92 Å². The Hall–Kier alpha value is -1.89. The maximum atomic E-state index is 5.39. The molecule has 0 saturated carbocycles. The first-order valence-electron chi connectivity index (χ1n) is 7.63. The van der Waals surface area contributed by atoms with Crippen LogP contribution in [0.5, 0.6) is 0 Å². The first kappa shape index (κ1) is 14.1. The summed E-state index contributed by atoms with van der Waals surface area (Å²) >= 11 is 0. The van der Waals surface area contributed by atoms with Crippen molar-refractivity contribution < 1.29 is 4.74 Å². The lowest BCUT2D eigenvalue weighted by atomic mass is 10.0. The number of anilines is 2. The van der Waals surface area contributed by atoms with E-state index in [0.29, 0.717) is 17.5 Å².